The maximum Gasteiger partial charge on any atom is 0.223 e. The van der Waals surface area contributed by atoms with Crippen molar-refractivity contribution >= 4 is 16.8 Å². The van der Waals surface area contributed by atoms with E-state index in [4.69, 9.17) is 4.42 Å². The molecule has 1 aliphatic rings. The van der Waals surface area contributed by atoms with E-state index in [1.807, 2.05) is 23.2 Å². The van der Waals surface area contributed by atoms with Crippen LogP contribution in [0.4, 0.5) is 0 Å². The number of aromatic nitrogens is 2. The quantitative estimate of drug-likeness (QED) is 0.788. The van der Waals surface area contributed by atoms with Crippen molar-refractivity contribution in [3.63, 3.8) is 0 Å². The van der Waals surface area contributed by atoms with E-state index in [0.29, 0.717) is 19.5 Å². The van der Waals surface area contributed by atoms with Crippen LogP contribution in [0.1, 0.15) is 49.1 Å². The van der Waals surface area contributed by atoms with Crippen LogP contribution >= 0.6 is 0 Å². The molecular weight excluding hydrogens is 314 g/mol. The van der Waals surface area contributed by atoms with Gasteiger partial charge in [-0.05, 0) is 18.1 Å². The first-order valence-corrected chi connectivity index (χ1v) is 8.93. The van der Waals surface area contributed by atoms with Crippen LogP contribution < -0.4 is 0 Å². The van der Waals surface area contributed by atoms with Gasteiger partial charge in [0.15, 0.2) is 5.89 Å². The summed E-state index contributed by atoms with van der Waals surface area (Å²) in [5.41, 5.74) is 3.25. The molecule has 0 bridgehead atoms. The number of fused-ring (bicyclic) bond motifs is 2. The van der Waals surface area contributed by atoms with Crippen molar-refractivity contribution < 1.29 is 9.21 Å². The highest BCUT2D eigenvalue weighted by Crippen LogP contribution is 2.25. The van der Waals surface area contributed by atoms with Gasteiger partial charge in [-0.2, -0.15) is 0 Å². The van der Waals surface area contributed by atoms with Gasteiger partial charge in [-0.1, -0.05) is 32.0 Å². The zero-order valence-electron chi connectivity index (χ0n) is 14.7. The molecule has 0 radical (unpaired) electrons. The molecule has 0 unspecified atom stereocenters. The standard InChI is InChI=1S/C20H23N3O2/c1-13(2)20-22-17-12-23(10-9-18(17)25-20)19(24)8-7-14-11-21-16-6-4-3-5-15(14)16/h3-6,11,13,21H,7-10,12H2,1-2H3. The molecule has 1 aliphatic heterocycles. The van der Waals surface area contributed by atoms with Gasteiger partial charge in [0, 0.05) is 42.4 Å². The van der Waals surface area contributed by atoms with Crippen molar-refractivity contribution in [3.05, 3.63) is 53.4 Å². The molecule has 0 spiro atoms. The number of nitrogens with one attached hydrogen (secondary N) is 1. The SMILES string of the molecule is CC(C)c1nc2c(o1)CCN(C(=O)CCc1c[nH]c3ccccc13)C2. The largest absolute Gasteiger partial charge is 0.445 e. The summed E-state index contributed by atoms with van der Waals surface area (Å²) in [5.74, 6) is 2.18. The van der Waals surface area contributed by atoms with E-state index in [-0.39, 0.29) is 11.8 Å². The molecule has 5 heteroatoms. The molecule has 1 amide bonds. The second-order valence-corrected chi connectivity index (χ2v) is 7.00. The first-order chi connectivity index (χ1) is 12.1. The average Bonchev–Trinajstić information content (AvgIpc) is 3.23. The number of carbonyl (C=O) groups is 1. The molecule has 1 N–H and O–H groups in total. The van der Waals surface area contributed by atoms with Gasteiger partial charge in [0.1, 0.15) is 11.5 Å². The maximum absolute atomic E-state index is 12.6. The summed E-state index contributed by atoms with van der Waals surface area (Å²) >= 11 is 0. The van der Waals surface area contributed by atoms with Crippen LogP contribution in [0, 0.1) is 0 Å². The number of oxazole rings is 1. The zero-order valence-corrected chi connectivity index (χ0v) is 14.7. The van der Waals surface area contributed by atoms with Crippen LogP contribution in [0.5, 0.6) is 0 Å². The predicted molar refractivity (Wildman–Crippen MR) is 96.3 cm³/mol. The fraction of sp³-hybridized carbons (Fsp3) is 0.400. The summed E-state index contributed by atoms with van der Waals surface area (Å²) < 4.78 is 5.81. The number of hydrogen-bond acceptors (Lipinski definition) is 3. The summed E-state index contributed by atoms with van der Waals surface area (Å²) in [4.78, 5) is 22.4. The summed E-state index contributed by atoms with van der Waals surface area (Å²) in [5, 5.41) is 1.20. The van der Waals surface area contributed by atoms with Crippen LogP contribution in [-0.4, -0.2) is 27.3 Å². The smallest absolute Gasteiger partial charge is 0.223 e. The molecule has 0 saturated heterocycles. The highest BCUT2D eigenvalue weighted by atomic mass is 16.4. The third-order valence-corrected chi connectivity index (χ3v) is 4.87. The molecule has 3 heterocycles. The second kappa shape index (κ2) is 6.39. The lowest BCUT2D eigenvalue weighted by molar-refractivity contribution is -0.132. The Morgan fingerprint density at radius 3 is 3.04 bits per heavy atom. The van der Waals surface area contributed by atoms with Crippen LogP contribution in [0.3, 0.4) is 0 Å². The predicted octanol–water partition coefficient (Wildman–Crippen LogP) is 3.80. The molecule has 4 rings (SSSR count). The number of aromatic amines is 1. The van der Waals surface area contributed by atoms with Crippen LogP contribution in [0.15, 0.2) is 34.9 Å². The highest BCUT2D eigenvalue weighted by Gasteiger charge is 2.25. The number of amides is 1. The minimum absolute atomic E-state index is 0.185. The Labute approximate surface area is 147 Å². The van der Waals surface area contributed by atoms with E-state index >= 15 is 0 Å². The monoisotopic (exact) mass is 337 g/mol. The van der Waals surface area contributed by atoms with Crippen molar-refractivity contribution in [1.82, 2.24) is 14.9 Å². The number of carbonyl (C=O) groups excluding carboxylic acids is 1. The topological polar surface area (TPSA) is 62.1 Å². The molecule has 0 aliphatic carbocycles. The number of hydrogen-bond donors (Lipinski definition) is 1. The molecular formula is C20H23N3O2. The van der Waals surface area contributed by atoms with Gasteiger partial charge in [0.05, 0.1) is 6.54 Å². The summed E-state index contributed by atoms with van der Waals surface area (Å²) in [7, 11) is 0. The molecule has 0 atom stereocenters. The van der Waals surface area contributed by atoms with E-state index in [9.17, 15) is 4.79 Å². The lowest BCUT2D eigenvalue weighted by Crippen LogP contribution is -2.35. The van der Waals surface area contributed by atoms with E-state index < -0.39 is 0 Å². The molecule has 3 aromatic rings. The first kappa shape index (κ1) is 15.9. The number of rotatable bonds is 4. The van der Waals surface area contributed by atoms with Gasteiger partial charge in [0.25, 0.3) is 0 Å². The highest BCUT2D eigenvalue weighted by molar-refractivity contribution is 5.84. The van der Waals surface area contributed by atoms with Crippen molar-refractivity contribution in [3.8, 4) is 0 Å². The second-order valence-electron chi connectivity index (χ2n) is 7.00. The Balaban J connectivity index is 1.41. The number of benzene rings is 1. The van der Waals surface area contributed by atoms with Gasteiger partial charge in [0.2, 0.25) is 5.91 Å². The third-order valence-electron chi connectivity index (χ3n) is 4.87. The molecule has 0 saturated carbocycles. The van der Waals surface area contributed by atoms with Crippen molar-refractivity contribution in [2.24, 2.45) is 0 Å². The minimum Gasteiger partial charge on any atom is -0.445 e. The van der Waals surface area contributed by atoms with Gasteiger partial charge in [-0.3, -0.25) is 4.79 Å². The Morgan fingerprint density at radius 2 is 2.20 bits per heavy atom. The summed E-state index contributed by atoms with van der Waals surface area (Å²) in [6, 6.07) is 8.21. The van der Waals surface area contributed by atoms with E-state index in [1.165, 1.54) is 10.9 Å². The zero-order chi connectivity index (χ0) is 17.4. The summed E-state index contributed by atoms with van der Waals surface area (Å²) in [6.07, 6.45) is 4.04. The van der Waals surface area contributed by atoms with Crippen LogP contribution in [-0.2, 0) is 24.2 Å². The van der Waals surface area contributed by atoms with E-state index in [1.54, 1.807) is 0 Å². The maximum atomic E-state index is 12.6. The van der Waals surface area contributed by atoms with Gasteiger partial charge < -0.3 is 14.3 Å². The van der Waals surface area contributed by atoms with Crippen molar-refractivity contribution in [2.45, 2.75) is 45.6 Å². The summed E-state index contributed by atoms with van der Waals surface area (Å²) in [6.45, 7) is 5.42. The molecule has 130 valence electrons. The minimum atomic E-state index is 0.185. The van der Waals surface area contributed by atoms with E-state index in [0.717, 1.165) is 35.7 Å². The average molecular weight is 337 g/mol. The molecule has 0 fully saturated rings. The number of nitrogens with zero attached hydrogens (tertiary/aromatic N) is 2. The van der Waals surface area contributed by atoms with E-state index in [2.05, 4.69) is 35.9 Å². The van der Waals surface area contributed by atoms with Gasteiger partial charge >= 0.3 is 0 Å². The number of aryl methyl sites for hydroxylation is 1. The number of para-hydroxylation sites is 1. The molecule has 5 nitrogen and oxygen atoms in total. The molecule has 1 aromatic carbocycles. The third kappa shape index (κ3) is 3.06. The molecule has 2 aromatic heterocycles. The fourth-order valence-electron chi connectivity index (χ4n) is 3.42. The Hall–Kier alpha value is -2.56. The van der Waals surface area contributed by atoms with Gasteiger partial charge in [-0.25, -0.2) is 4.98 Å². The van der Waals surface area contributed by atoms with Gasteiger partial charge in [-0.15, -0.1) is 0 Å². The van der Waals surface area contributed by atoms with Crippen LogP contribution in [0.2, 0.25) is 0 Å². The Kier molecular flexibility index (Phi) is 4.07. The van der Waals surface area contributed by atoms with Crippen molar-refractivity contribution in [2.75, 3.05) is 6.54 Å². The first-order valence-electron chi connectivity index (χ1n) is 8.93. The Morgan fingerprint density at radius 1 is 1.36 bits per heavy atom. The normalized spacial score (nSPS) is 14.3. The molecule has 25 heavy (non-hydrogen) atoms. The Bertz CT molecular complexity index is 907. The van der Waals surface area contributed by atoms with Crippen LogP contribution in [0.25, 0.3) is 10.9 Å². The lowest BCUT2D eigenvalue weighted by Gasteiger charge is -2.25. The lowest BCUT2D eigenvalue weighted by atomic mass is 10.1. The fourth-order valence-corrected chi connectivity index (χ4v) is 3.42. The van der Waals surface area contributed by atoms with Crippen molar-refractivity contribution in [1.29, 1.82) is 0 Å². The number of H-pyrrole nitrogens is 1.